The minimum Gasteiger partial charge on any atom is -0.384 e. The highest BCUT2D eigenvalue weighted by atomic mass is 79.9. The van der Waals surface area contributed by atoms with Crippen LogP contribution in [0.2, 0.25) is 0 Å². The van der Waals surface area contributed by atoms with E-state index < -0.39 is 0 Å². The Morgan fingerprint density at radius 1 is 1.25 bits per heavy atom. The number of benzene rings is 2. The molecule has 0 atom stereocenters. The number of nitrogens with one attached hydrogen (secondary N) is 2. The van der Waals surface area contributed by atoms with E-state index in [4.69, 9.17) is 0 Å². The summed E-state index contributed by atoms with van der Waals surface area (Å²) >= 11 is 3.42. The zero-order valence-electron chi connectivity index (χ0n) is 11.2. The average Bonchev–Trinajstić information content (AvgIpc) is 2.89. The van der Waals surface area contributed by atoms with Crippen molar-refractivity contribution < 1.29 is 4.79 Å². The standard InChI is InChI=1S/C16H15BrN2O/c1-10-8-13(17)4-5-14(10)19-16(20)12-3-2-11-6-7-18-15(11)9-12/h2-5,8-9,18H,6-7H2,1H3,(H,19,20). The number of anilines is 2. The lowest BCUT2D eigenvalue weighted by Gasteiger charge is -2.10. The molecule has 1 aliphatic rings. The molecule has 0 bridgehead atoms. The van der Waals surface area contributed by atoms with Crippen molar-refractivity contribution in [2.75, 3.05) is 17.2 Å². The highest BCUT2D eigenvalue weighted by molar-refractivity contribution is 9.10. The van der Waals surface area contributed by atoms with Crippen molar-refractivity contribution in [2.45, 2.75) is 13.3 Å². The molecule has 1 aliphatic heterocycles. The van der Waals surface area contributed by atoms with E-state index in [2.05, 4.69) is 26.6 Å². The monoisotopic (exact) mass is 330 g/mol. The van der Waals surface area contributed by atoms with Gasteiger partial charge in [-0.3, -0.25) is 4.79 Å². The van der Waals surface area contributed by atoms with Crippen molar-refractivity contribution in [3.05, 3.63) is 57.6 Å². The van der Waals surface area contributed by atoms with Crippen LogP contribution in [0.25, 0.3) is 0 Å². The van der Waals surface area contributed by atoms with Crippen molar-refractivity contribution in [2.24, 2.45) is 0 Å². The van der Waals surface area contributed by atoms with Gasteiger partial charge in [-0.1, -0.05) is 22.0 Å². The number of halogens is 1. The maximum atomic E-state index is 12.3. The second kappa shape index (κ2) is 5.29. The summed E-state index contributed by atoms with van der Waals surface area (Å²) in [5.74, 6) is -0.0769. The van der Waals surface area contributed by atoms with Crippen molar-refractivity contribution in [1.29, 1.82) is 0 Å². The van der Waals surface area contributed by atoms with Crippen molar-refractivity contribution in [1.82, 2.24) is 0 Å². The summed E-state index contributed by atoms with van der Waals surface area (Å²) < 4.78 is 1.01. The molecule has 0 saturated heterocycles. The van der Waals surface area contributed by atoms with E-state index in [0.717, 1.165) is 34.4 Å². The van der Waals surface area contributed by atoms with Gasteiger partial charge in [0.2, 0.25) is 0 Å². The first kappa shape index (κ1) is 13.2. The van der Waals surface area contributed by atoms with Gasteiger partial charge in [0.1, 0.15) is 0 Å². The van der Waals surface area contributed by atoms with Crippen LogP contribution in [0.1, 0.15) is 21.5 Å². The summed E-state index contributed by atoms with van der Waals surface area (Å²) in [4.78, 5) is 12.3. The van der Waals surface area contributed by atoms with Crippen LogP contribution in [0, 0.1) is 6.92 Å². The van der Waals surface area contributed by atoms with E-state index in [-0.39, 0.29) is 5.91 Å². The molecular formula is C16H15BrN2O. The fourth-order valence-corrected chi connectivity index (χ4v) is 2.87. The second-order valence-corrected chi connectivity index (χ2v) is 5.88. The highest BCUT2D eigenvalue weighted by Gasteiger charge is 2.14. The van der Waals surface area contributed by atoms with Gasteiger partial charge in [-0.2, -0.15) is 0 Å². The SMILES string of the molecule is Cc1cc(Br)ccc1NC(=O)c1ccc2c(c1)NCC2. The highest BCUT2D eigenvalue weighted by Crippen LogP contribution is 2.25. The van der Waals surface area contributed by atoms with Gasteiger partial charge in [-0.15, -0.1) is 0 Å². The third-order valence-electron chi connectivity index (χ3n) is 3.52. The fourth-order valence-electron chi connectivity index (χ4n) is 2.39. The summed E-state index contributed by atoms with van der Waals surface area (Å²) in [6.45, 7) is 2.93. The Balaban J connectivity index is 1.82. The van der Waals surface area contributed by atoms with E-state index in [0.29, 0.717) is 5.56 Å². The van der Waals surface area contributed by atoms with Gasteiger partial charge in [0.15, 0.2) is 0 Å². The van der Waals surface area contributed by atoms with Gasteiger partial charge >= 0.3 is 0 Å². The van der Waals surface area contributed by atoms with Crippen LogP contribution < -0.4 is 10.6 Å². The average molecular weight is 331 g/mol. The molecule has 4 heteroatoms. The smallest absolute Gasteiger partial charge is 0.255 e. The molecule has 102 valence electrons. The number of fused-ring (bicyclic) bond motifs is 1. The zero-order valence-corrected chi connectivity index (χ0v) is 12.8. The number of carbonyl (C=O) groups excluding carboxylic acids is 1. The largest absolute Gasteiger partial charge is 0.384 e. The van der Waals surface area contributed by atoms with Crippen molar-refractivity contribution in [3.63, 3.8) is 0 Å². The molecule has 1 heterocycles. The van der Waals surface area contributed by atoms with Gasteiger partial charge < -0.3 is 10.6 Å². The first-order chi connectivity index (χ1) is 9.63. The van der Waals surface area contributed by atoms with Crippen LogP contribution in [-0.4, -0.2) is 12.5 Å². The molecule has 2 aromatic carbocycles. The first-order valence-electron chi connectivity index (χ1n) is 6.58. The van der Waals surface area contributed by atoms with Crippen LogP contribution >= 0.6 is 15.9 Å². The van der Waals surface area contributed by atoms with E-state index in [1.54, 1.807) is 0 Å². The Hall–Kier alpha value is -1.81. The Morgan fingerprint density at radius 2 is 2.10 bits per heavy atom. The van der Waals surface area contributed by atoms with Crippen LogP contribution in [0.3, 0.4) is 0 Å². The normalized spacial score (nSPS) is 12.7. The second-order valence-electron chi connectivity index (χ2n) is 4.96. The number of amides is 1. The quantitative estimate of drug-likeness (QED) is 0.874. The molecule has 0 aromatic heterocycles. The molecule has 0 fully saturated rings. The summed E-state index contributed by atoms with van der Waals surface area (Å²) in [6.07, 6.45) is 1.03. The zero-order chi connectivity index (χ0) is 14.1. The van der Waals surface area contributed by atoms with Gasteiger partial charge in [0.05, 0.1) is 0 Å². The lowest BCUT2D eigenvalue weighted by atomic mass is 10.1. The lowest BCUT2D eigenvalue weighted by Crippen LogP contribution is -2.13. The lowest BCUT2D eigenvalue weighted by molar-refractivity contribution is 0.102. The van der Waals surface area contributed by atoms with E-state index in [9.17, 15) is 4.79 Å². The van der Waals surface area contributed by atoms with Crippen LogP contribution in [0.15, 0.2) is 40.9 Å². The molecule has 0 aliphatic carbocycles. The molecule has 0 radical (unpaired) electrons. The summed E-state index contributed by atoms with van der Waals surface area (Å²) in [7, 11) is 0. The molecule has 2 N–H and O–H groups in total. The first-order valence-corrected chi connectivity index (χ1v) is 7.37. The van der Waals surface area contributed by atoms with Crippen LogP contribution in [0.5, 0.6) is 0 Å². The van der Waals surface area contributed by atoms with Crippen molar-refractivity contribution >= 4 is 33.2 Å². The topological polar surface area (TPSA) is 41.1 Å². The molecule has 3 nitrogen and oxygen atoms in total. The predicted octanol–water partition coefficient (Wildman–Crippen LogP) is 3.98. The molecule has 1 amide bonds. The summed E-state index contributed by atoms with van der Waals surface area (Å²) in [6, 6.07) is 11.6. The predicted molar refractivity (Wildman–Crippen MR) is 85.5 cm³/mol. The third-order valence-corrected chi connectivity index (χ3v) is 4.01. The molecular weight excluding hydrogens is 316 g/mol. The number of hydrogen-bond donors (Lipinski definition) is 2. The Labute approximate surface area is 126 Å². The van der Waals surface area contributed by atoms with Gasteiger partial charge in [0, 0.05) is 28.0 Å². The minimum atomic E-state index is -0.0769. The maximum absolute atomic E-state index is 12.3. The molecule has 3 rings (SSSR count). The van der Waals surface area contributed by atoms with Gasteiger partial charge in [-0.05, 0) is 54.8 Å². The van der Waals surface area contributed by atoms with Crippen molar-refractivity contribution in [3.8, 4) is 0 Å². The Morgan fingerprint density at radius 3 is 2.90 bits per heavy atom. The minimum absolute atomic E-state index is 0.0769. The molecule has 2 aromatic rings. The number of aryl methyl sites for hydroxylation is 1. The van der Waals surface area contributed by atoms with E-state index >= 15 is 0 Å². The molecule has 0 saturated carbocycles. The van der Waals surface area contributed by atoms with E-state index in [1.165, 1.54) is 5.56 Å². The summed E-state index contributed by atoms with van der Waals surface area (Å²) in [5, 5.41) is 6.25. The molecule has 0 unspecified atom stereocenters. The van der Waals surface area contributed by atoms with E-state index in [1.807, 2.05) is 43.3 Å². The van der Waals surface area contributed by atoms with Gasteiger partial charge in [0.25, 0.3) is 5.91 Å². The Bertz CT molecular complexity index is 682. The number of hydrogen-bond acceptors (Lipinski definition) is 2. The Kier molecular flexibility index (Phi) is 3.49. The van der Waals surface area contributed by atoms with Crippen LogP contribution in [0.4, 0.5) is 11.4 Å². The number of carbonyl (C=O) groups is 1. The molecule has 0 spiro atoms. The number of rotatable bonds is 2. The molecule has 20 heavy (non-hydrogen) atoms. The third kappa shape index (κ3) is 2.56. The van der Waals surface area contributed by atoms with Gasteiger partial charge in [-0.25, -0.2) is 0 Å². The van der Waals surface area contributed by atoms with Crippen LogP contribution in [-0.2, 0) is 6.42 Å². The maximum Gasteiger partial charge on any atom is 0.255 e. The fraction of sp³-hybridized carbons (Fsp3) is 0.188. The summed E-state index contributed by atoms with van der Waals surface area (Å²) in [5.41, 5.74) is 4.91.